The van der Waals surface area contributed by atoms with Crippen LogP contribution in [0.2, 0.25) is 0 Å². The van der Waals surface area contributed by atoms with Gasteiger partial charge in [0.05, 0.1) is 11.8 Å². The lowest BCUT2D eigenvalue weighted by atomic mass is 10.3. The Labute approximate surface area is 132 Å². The lowest BCUT2D eigenvalue weighted by Crippen LogP contribution is -1.98. The first kappa shape index (κ1) is 14.9. The number of nitro groups is 1. The maximum Gasteiger partial charge on any atom is 0.433 e. The number of halogens is 1. The Balaban J connectivity index is 1.75. The molecule has 8 nitrogen and oxygen atoms in total. The normalized spacial score (nSPS) is 11.2. The van der Waals surface area contributed by atoms with Gasteiger partial charge in [-0.25, -0.2) is 4.39 Å². The van der Waals surface area contributed by atoms with Gasteiger partial charge >= 0.3 is 5.88 Å². The molecule has 0 radical (unpaired) electrons. The summed E-state index contributed by atoms with van der Waals surface area (Å²) in [5, 5.41) is 23.7. The van der Waals surface area contributed by atoms with Crippen LogP contribution in [0.15, 0.2) is 51.4 Å². The molecule has 1 aromatic carbocycles. The van der Waals surface area contributed by atoms with E-state index in [-0.39, 0.29) is 5.88 Å². The average molecular weight is 333 g/mol. The van der Waals surface area contributed by atoms with Gasteiger partial charge in [0.1, 0.15) is 16.5 Å². The van der Waals surface area contributed by atoms with Crippen LogP contribution < -0.4 is 0 Å². The molecule has 0 fully saturated rings. The summed E-state index contributed by atoms with van der Waals surface area (Å²) in [6.45, 7) is 0. The van der Waals surface area contributed by atoms with Crippen LogP contribution in [0, 0.1) is 15.9 Å². The second-order valence-corrected chi connectivity index (χ2v) is 5.08. The van der Waals surface area contributed by atoms with Gasteiger partial charge in [-0.05, 0) is 46.2 Å². The molecular formula is C13H8FN5O3S. The Morgan fingerprint density at radius 3 is 2.96 bits per heavy atom. The first-order valence-corrected chi connectivity index (χ1v) is 7.13. The van der Waals surface area contributed by atoms with Gasteiger partial charge in [-0.15, -0.1) is 5.10 Å². The zero-order valence-electron chi connectivity index (χ0n) is 11.4. The monoisotopic (exact) mass is 333 g/mol. The molecule has 3 rings (SSSR count). The van der Waals surface area contributed by atoms with Gasteiger partial charge in [0, 0.05) is 0 Å². The fraction of sp³-hybridized carbons (Fsp3) is 0. The van der Waals surface area contributed by atoms with Crippen molar-refractivity contribution in [2.75, 3.05) is 0 Å². The van der Waals surface area contributed by atoms with E-state index in [1.54, 1.807) is 23.6 Å². The minimum atomic E-state index is -0.616. The first-order valence-electron chi connectivity index (χ1n) is 6.25. The van der Waals surface area contributed by atoms with Crippen molar-refractivity contribution in [2.45, 2.75) is 5.16 Å². The second kappa shape index (κ2) is 6.40. The molecule has 0 saturated carbocycles. The van der Waals surface area contributed by atoms with Crippen molar-refractivity contribution >= 4 is 23.7 Å². The fourth-order valence-electron chi connectivity index (χ4n) is 1.71. The molecule has 0 N–H and O–H groups in total. The number of aromatic nitrogens is 4. The third kappa shape index (κ3) is 3.43. The third-order valence-corrected chi connectivity index (χ3v) is 3.43. The number of hydrogen-bond donors (Lipinski definition) is 0. The summed E-state index contributed by atoms with van der Waals surface area (Å²) in [6.07, 6.45) is 1.54. The largest absolute Gasteiger partial charge is 0.433 e. The Kier molecular flexibility index (Phi) is 4.15. The summed E-state index contributed by atoms with van der Waals surface area (Å²) in [4.78, 5) is 9.91. The molecule has 0 aliphatic carbocycles. The van der Waals surface area contributed by atoms with Gasteiger partial charge in [-0.2, -0.15) is 4.68 Å². The number of nitrogens with zero attached hydrogens (tertiary/aromatic N) is 5. The molecule has 0 aliphatic heterocycles. The van der Waals surface area contributed by atoms with E-state index in [1.165, 1.54) is 28.9 Å². The van der Waals surface area contributed by atoms with Crippen LogP contribution in [0.1, 0.15) is 5.76 Å². The number of benzene rings is 1. The molecule has 0 atom stereocenters. The van der Waals surface area contributed by atoms with Crippen LogP contribution in [0.5, 0.6) is 0 Å². The van der Waals surface area contributed by atoms with E-state index >= 15 is 0 Å². The van der Waals surface area contributed by atoms with Crippen molar-refractivity contribution in [3.8, 4) is 5.69 Å². The van der Waals surface area contributed by atoms with Gasteiger partial charge in [0.2, 0.25) is 5.16 Å². The van der Waals surface area contributed by atoms with Gasteiger partial charge in [0.25, 0.3) is 0 Å². The van der Waals surface area contributed by atoms with Crippen LogP contribution in [0.4, 0.5) is 10.3 Å². The molecule has 0 bridgehead atoms. The number of furan rings is 1. The van der Waals surface area contributed by atoms with Crippen LogP contribution in [-0.4, -0.2) is 25.1 Å². The highest BCUT2D eigenvalue weighted by molar-refractivity contribution is 8.02. The smallest absolute Gasteiger partial charge is 0.401 e. The van der Waals surface area contributed by atoms with Gasteiger partial charge < -0.3 is 4.42 Å². The highest BCUT2D eigenvalue weighted by Crippen LogP contribution is 2.22. The average Bonchev–Trinajstić information content (AvgIpc) is 3.16. The summed E-state index contributed by atoms with van der Waals surface area (Å²) in [5.41, 5.74) is 0.486. The summed E-state index contributed by atoms with van der Waals surface area (Å²) >= 11 is 1.16. The molecule has 2 heterocycles. The summed E-state index contributed by atoms with van der Waals surface area (Å²) in [6, 6.07) is 8.60. The van der Waals surface area contributed by atoms with Crippen molar-refractivity contribution in [1.29, 1.82) is 0 Å². The SMILES string of the molecule is O=[N+]([O-])c1ccc(/C=C/Sc2nnnn2-c2cccc(F)c2)o1. The molecule has 2 aromatic heterocycles. The van der Waals surface area contributed by atoms with E-state index in [4.69, 9.17) is 4.42 Å². The maximum atomic E-state index is 13.3. The summed E-state index contributed by atoms with van der Waals surface area (Å²) < 4.78 is 19.6. The summed E-state index contributed by atoms with van der Waals surface area (Å²) in [5.74, 6) is -0.402. The molecule has 0 unspecified atom stereocenters. The van der Waals surface area contributed by atoms with E-state index in [1.807, 2.05) is 0 Å². The predicted molar refractivity (Wildman–Crippen MR) is 79.4 cm³/mol. The van der Waals surface area contributed by atoms with E-state index in [0.717, 1.165) is 11.8 Å². The van der Waals surface area contributed by atoms with Crippen LogP contribution >= 0.6 is 11.8 Å². The lowest BCUT2D eigenvalue weighted by Gasteiger charge is -2.01. The molecule has 10 heteroatoms. The van der Waals surface area contributed by atoms with Gasteiger partial charge in [-0.1, -0.05) is 17.8 Å². The number of thioether (sulfide) groups is 1. The molecule has 0 amide bonds. The van der Waals surface area contributed by atoms with E-state index in [0.29, 0.717) is 16.6 Å². The maximum absolute atomic E-state index is 13.3. The Hall–Kier alpha value is -3.01. The molecule has 0 saturated heterocycles. The molecule has 23 heavy (non-hydrogen) atoms. The summed E-state index contributed by atoms with van der Waals surface area (Å²) in [7, 11) is 0. The van der Waals surface area contributed by atoms with E-state index < -0.39 is 10.7 Å². The molecule has 0 spiro atoms. The number of rotatable bonds is 5. The van der Waals surface area contributed by atoms with Gasteiger partial charge in [-0.3, -0.25) is 10.1 Å². The molecule has 0 aliphatic rings. The van der Waals surface area contributed by atoms with Crippen molar-refractivity contribution < 1.29 is 13.7 Å². The van der Waals surface area contributed by atoms with Crippen molar-refractivity contribution in [3.63, 3.8) is 0 Å². The number of tetrazole rings is 1. The zero-order valence-corrected chi connectivity index (χ0v) is 12.2. The zero-order chi connectivity index (χ0) is 16.2. The Morgan fingerprint density at radius 1 is 1.35 bits per heavy atom. The molecule has 116 valence electrons. The predicted octanol–water partition coefficient (Wildman–Crippen LogP) is 3.07. The molecule has 3 aromatic rings. The third-order valence-electron chi connectivity index (χ3n) is 2.69. The van der Waals surface area contributed by atoms with E-state index in [9.17, 15) is 14.5 Å². The Bertz CT molecular complexity index is 876. The van der Waals surface area contributed by atoms with Crippen LogP contribution in [-0.2, 0) is 0 Å². The number of hydrogen-bond acceptors (Lipinski definition) is 7. The lowest BCUT2D eigenvalue weighted by molar-refractivity contribution is -0.402. The standard InChI is InChI=1S/C13H8FN5O3S/c14-9-2-1-3-10(8-9)18-13(15-16-17-18)23-7-6-11-4-5-12(22-11)19(20)21/h1-8H/b7-6+. The topological polar surface area (TPSA) is 99.9 Å². The van der Waals surface area contributed by atoms with Crippen molar-refractivity contribution in [2.24, 2.45) is 0 Å². The van der Waals surface area contributed by atoms with Gasteiger partial charge in [0.15, 0.2) is 0 Å². The minimum absolute atomic E-state index is 0.328. The van der Waals surface area contributed by atoms with Crippen LogP contribution in [0.3, 0.4) is 0 Å². The van der Waals surface area contributed by atoms with Crippen molar-refractivity contribution in [3.05, 3.63) is 63.5 Å². The molecular weight excluding hydrogens is 325 g/mol. The fourth-order valence-corrected chi connectivity index (χ4v) is 2.36. The Morgan fingerprint density at radius 2 is 2.22 bits per heavy atom. The van der Waals surface area contributed by atoms with Crippen LogP contribution in [0.25, 0.3) is 11.8 Å². The van der Waals surface area contributed by atoms with E-state index in [2.05, 4.69) is 15.5 Å². The highest BCUT2D eigenvalue weighted by Gasteiger charge is 2.11. The first-order chi connectivity index (χ1) is 11.1. The second-order valence-electron chi connectivity index (χ2n) is 4.21. The quantitative estimate of drug-likeness (QED) is 0.402. The van der Waals surface area contributed by atoms with Crippen molar-refractivity contribution in [1.82, 2.24) is 20.2 Å². The highest BCUT2D eigenvalue weighted by atomic mass is 32.2. The minimum Gasteiger partial charge on any atom is -0.401 e.